The standard InChI is InChI=1S/C19H23N5O/c1-13(25)18-7-6-16(10-20)9-19(18)23-8-4-5-17(11-23)12-24-15(3)21-14(2)22-24/h6-7,9,17H,4-5,8,11-12H2,1-3H3/t17-/m0/s1. The third-order valence-corrected chi connectivity index (χ3v) is 4.76. The van der Waals surface area contributed by atoms with E-state index < -0.39 is 0 Å². The lowest BCUT2D eigenvalue weighted by Crippen LogP contribution is -2.38. The molecule has 3 rings (SSSR count). The van der Waals surface area contributed by atoms with Crippen molar-refractivity contribution in [3.63, 3.8) is 0 Å². The molecule has 2 aromatic rings. The Morgan fingerprint density at radius 2 is 2.20 bits per heavy atom. The molecule has 0 radical (unpaired) electrons. The van der Waals surface area contributed by atoms with Gasteiger partial charge >= 0.3 is 0 Å². The number of rotatable bonds is 4. The molecule has 1 aromatic carbocycles. The minimum Gasteiger partial charge on any atom is -0.371 e. The molecule has 25 heavy (non-hydrogen) atoms. The molecule has 1 atom stereocenters. The number of benzene rings is 1. The van der Waals surface area contributed by atoms with Gasteiger partial charge in [0.1, 0.15) is 11.6 Å². The number of carbonyl (C=O) groups is 1. The summed E-state index contributed by atoms with van der Waals surface area (Å²) in [5, 5.41) is 13.7. The summed E-state index contributed by atoms with van der Waals surface area (Å²) >= 11 is 0. The zero-order chi connectivity index (χ0) is 18.0. The fourth-order valence-electron chi connectivity index (χ4n) is 3.57. The molecule has 1 aromatic heterocycles. The number of carbonyl (C=O) groups excluding carboxylic acids is 1. The molecule has 0 bridgehead atoms. The maximum Gasteiger partial charge on any atom is 0.161 e. The van der Waals surface area contributed by atoms with Gasteiger partial charge in [0.05, 0.1) is 11.6 Å². The smallest absolute Gasteiger partial charge is 0.161 e. The summed E-state index contributed by atoms with van der Waals surface area (Å²) in [7, 11) is 0. The van der Waals surface area contributed by atoms with Crippen LogP contribution in [0.4, 0.5) is 5.69 Å². The second-order valence-electron chi connectivity index (χ2n) is 6.74. The molecular weight excluding hydrogens is 314 g/mol. The van der Waals surface area contributed by atoms with Crippen LogP contribution in [0.25, 0.3) is 0 Å². The summed E-state index contributed by atoms with van der Waals surface area (Å²) in [4.78, 5) is 18.6. The van der Waals surface area contributed by atoms with Crippen LogP contribution in [0.3, 0.4) is 0 Å². The van der Waals surface area contributed by atoms with Gasteiger partial charge in [-0.25, -0.2) is 9.67 Å². The number of ketones is 1. The normalized spacial score (nSPS) is 17.4. The van der Waals surface area contributed by atoms with Crippen molar-refractivity contribution in [1.29, 1.82) is 5.26 Å². The van der Waals surface area contributed by atoms with E-state index in [1.807, 2.05) is 24.6 Å². The van der Waals surface area contributed by atoms with Crippen LogP contribution in [0, 0.1) is 31.1 Å². The highest BCUT2D eigenvalue weighted by atomic mass is 16.1. The molecule has 2 heterocycles. The maximum atomic E-state index is 12.0. The molecule has 0 saturated carbocycles. The van der Waals surface area contributed by atoms with Gasteiger partial charge in [0.2, 0.25) is 0 Å². The molecule has 6 nitrogen and oxygen atoms in total. The first-order chi connectivity index (χ1) is 12.0. The van der Waals surface area contributed by atoms with Gasteiger partial charge in [0.15, 0.2) is 5.78 Å². The Morgan fingerprint density at radius 3 is 2.84 bits per heavy atom. The summed E-state index contributed by atoms with van der Waals surface area (Å²) in [5.74, 6) is 2.21. The number of hydrogen-bond acceptors (Lipinski definition) is 5. The van der Waals surface area contributed by atoms with E-state index in [1.54, 1.807) is 19.1 Å². The molecule has 0 unspecified atom stereocenters. The average molecular weight is 337 g/mol. The van der Waals surface area contributed by atoms with Gasteiger partial charge in [-0.3, -0.25) is 4.79 Å². The Morgan fingerprint density at radius 1 is 1.40 bits per heavy atom. The van der Waals surface area contributed by atoms with E-state index in [9.17, 15) is 10.1 Å². The van der Waals surface area contributed by atoms with Crippen molar-refractivity contribution in [2.24, 2.45) is 5.92 Å². The summed E-state index contributed by atoms with van der Waals surface area (Å²) in [5.41, 5.74) is 2.15. The van der Waals surface area contributed by atoms with E-state index in [2.05, 4.69) is 21.1 Å². The number of aryl methyl sites for hydroxylation is 2. The van der Waals surface area contributed by atoms with Gasteiger partial charge in [-0.2, -0.15) is 10.4 Å². The van der Waals surface area contributed by atoms with Crippen molar-refractivity contribution in [2.75, 3.05) is 18.0 Å². The Balaban J connectivity index is 1.83. The van der Waals surface area contributed by atoms with Crippen molar-refractivity contribution in [3.05, 3.63) is 41.0 Å². The lowest BCUT2D eigenvalue weighted by atomic mass is 9.95. The van der Waals surface area contributed by atoms with Crippen LogP contribution < -0.4 is 4.90 Å². The minimum absolute atomic E-state index is 0.0318. The fraction of sp³-hybridized carbons (Fsp3) is 0.474. The molecule has 6 heteroatoms. The van der Waals surface area contributed by atoms with Gasteiger partial charge in [0, 0.05) is 30.9 Å². The van der Waals surface area contributed by atoms with Crippen LogP contribution in [0.2, 0.25) is 0 Å². The van der Waals surface area contributed by atoms with Crippen LogP contribution >= 0.6 is 0 Å². The van der Waals surface area contributed by atoms with E-state index in [-0.39, 0.29) is 5.78 Å². The van der Waals surface area contributed by atoms with E-state index in [0.29, 0.717) is 17.0 Å². The first kappa shape index (κ1) is 17.2. The van der Waals surface area contributed by atoms with Crippen LogP contribution in [0.1, 0.15) is 47.3 Å². The topological polar surface area (TPSA) is 74.8 Å². The summed E-state index contributed by atoms with van der Waals surface area (Å²) in [6.45, 7) is 8.05. The Bertz CT molecular complexity index is 833. The van der Waals surface area contributed by atoms with E-state index in [1.165, 1.54) is 0 Å². The number of anilines is 1. The molecule has 0 amide bonds. The molecule has 130 valence electrons. The van der Waals surface area contributed by atoms with Crippen LogP contribution in [-0.2, 0) is 6.54 Å². The molecule has 1 saturated heterocycles. The van der Waals surface area contributed by atoms with Crippen molar-refractivity contribution in [3.8, 4) is 6.07 Å². The van der Waals surface area contributed by atoms with Gasteiger partial charge in [-0.05, 0) is 57.7 Å². The monoisotopic (exact) mass is 337 g/mol. The van der Waals surface area contributed by atoms with E-state index >= 15 is 0 Å². The predicted octanol–water partition coefficient (Wildman–Crippen LogP) is 2.89. The molecule has 0 spiro atoms. The second kappa shape index (κ2) is 7.06. The number of nitrogens with zero attached hydrogens (tertiary/aromatic N) is 5. The highest BCUT2D eigenvalue weighted by Gasteiger charge is 2.24. The van der Waals surface area contributed by atoms with Gasteiger partial charge in [0.25, 0.3) is 0 Å². The van der Waals surface area contributed by atoms with E-state index in [0.717, 1.165) is 49.8 Å². The number of piperidine rings is 1. The quantitative estimate of drug-likeness (QED) is 0.802. The largest absolute Gasteiger partial charge is 0.371 e. The maximum absolute atomic E-state index is 12.0. The molecule has 0 N–H and O–H groups in total. The van der Waals surface area contributed by atoms with Gasteiger partial charge in [-0.15, -0.1) is 0 Å². The number of Topliss-reactive ketones (excluding diaryl/α,β-unsaturated/α-hetero) is 1. The summed E-state index contributed by atoms with van der Waals surface area (Å²) < 4.78 is 1.97. The third kappa shape index (κ3) is 3.71. The van der Waals surface area contributed by atoms with Gasteiger partial charge in [-0.1, -0.05) is 0 Å². The molecular formula is C19H23N5O. The molecule has 0 aliphatic carbocycles. The van der Waals surface area contributed by atoms with Crippen molar-refractivity contribution >= 4 is 11.5 Å². The van der Waals surface area contributed by atoms with Gasteiger partial charge < -0.3 is 4.90 Å². The average Bonchev–Trinajstić information content (AvgIpc) is 2.91. The first-order valence-electron chi connectivity index (χ1n) is 8.66. The molecule has 1 aliphatic heterocycles. The van der Waals surface area contributed by atoms with Crippen molar-refractivity contribution < 1.29 is 4.79 Å². The number of aromatic nitrogens is 3. The first-order valence-corrected chi connectivity index (χ1v) is 8.66. The van der Waals surface area contributed by atoms with Crippen molar-refractivity contribution in [1.82, 2.24) is 14.8 Å². The minimum atomic E-state index is 0.0318. The highest BCUT2D eigenvalue weighted by molar-refractivity contribution is 6.00. The van der Waals surface area contributed by atoms with Crippen LogP contribution in [0.5, 0.6) is 0 Å². The lowest BCUT2D eigenvalue weighted by Gasteiger charge is -2.35. The fourth-order valence-corrected chi connectivity index (χ4v) is 3.57. The summed E-state index contributed by atoms with van der Waals surface area (Å²) in [6.07, 6.45) is 2.19. The lowest BCUT2D eigenvalue weighted by molar-refractivity contribution is 0.101. The zero-order valence-electron chi connectivity index (χ0n) is 15.0. The Kier molecular flexibility index (Phi) is 4.84. The molecule has 1 aliphatic rings. The predicted molar refractivity (Wildman–Crippen MR) is 95.6 cm³/mol. The van der Waals surface area contributed by atoms with Crippen LogP contribution in [-0.4, -0.2) is 33.6 Å². The Labute approximate surface area is 148 Å². The van der Waals surface area contributed by atoms with E-state index in [4.69, 9.17) is 0 Å². The zero-order valence-corrected chi connectivity index (χ0v) is 15.0. The Hall–Kier alpha value is -2.68. The summed E-state index contributed by atoms with van der Waals surface area (Å²) in [6, 6.07) is 7.49. The second-order valence-corrected chi connectivity index (χ2v) is 6.74. The van der Waals surface area contributed by atoms with Crippen molar-refractivity contribution in [2.45, 2.75) is 40.2 Å². The highest BCUT2D eigenvalue weighted by Crippen LogP contribution is 2.28. The van der Waals surface area contributed by atoms with Crippen LogP contribution in [0.15, 0.2) is 18.2 Å². The number of nitriles is 1. The third-order valence-electron chi connectivity index (χ3n) is 4.76. The molecule has 1 fully saturated rings. The number of hydrogen-bond donors (Lipinski definition) is 0. The SMILES string of the molecule is CC(=O)c1ccc(C#N)cc1N1CCC[C@H](Cn2nc(C)nc2C)C1.